The van der Waals surface area contributed by atoms with Gasteiger partial charge in [-0.15, -0.1) is 0 Å². The lowest BCUT2D eigenvalue weighted by Crippen LogP contribution is -2.71. The number of rotatable bonds is 2. The summed E-state index contributed by atoms with van der Waals surface area (Å²) >= 11 is 0. The predicted molar refractivity (Wildman–Crippen MR) is 73.8 cm³/mol. The summed E-state index contributed by atoms with van der Waals surface area (Å²) in [6.45, 7) is 7.91. The highest BCUT2D eigenvalue weighted by atomic mass is 16.7. The highest BCUT2D eigenvalue weighted by Crippen LogP contribution is 2.41. The first-order valence-corrected chi connectivity index (χ1v) is 7.36. The molecule has 1 aliphatic carbocycles. The number of amidine groups is 1. The van der Waals surface area contributed by atoms with Gasteiger partial charge in [-0.3, -0.25) is 10.3 Å². The fourth-order valence-electron chi connectivity index (χ4n) is 3.05. The van der Waals surface area contributed by atoms with Gasteiger partial charge in [0.2, 0.25) is 5.84 Å². The molecule has 0 aromatic rings. The third-order valence-electron chi connectivity index (χ3n) is 4.60. The molecule has 0 saturated carbocycles. The monoisotopic (exact) mass is 265 g/mol. The van der Waals surface area contributed by atoms with Crippen molar-refractivity contribution in [1.82, 2.24) is 5.32 Å². The third kappa shape index (κ3) is 2.84. The van der Waals surface area contributed by atoms with E-state index in [1.165, 1.54) is 18.4 Å². The van der Waals surface area contributed by atoms with Crippen LogP contribution in [0.15, 0.2) is 11.6 Å². The summed E-state index contributed by atoms with van der Waals surface area (Å²) in [7, 11) is 0. The van der Waals surface area contributed by atoms with Crippen LogP contribution in [0.5, 0.6) is 0 Å². The van der Waals surface area contributed by atoms with E-state index in [2.05, 4.69) is 30.2 Å². The minimum absolute atomic E-state index is 0.222. The average molecular weight is 265 g/mol. The zero-order valence-corrected chi connectivity index (χ0v) is 12.1. The molecule has 19 heavy (non-hydrogen) atoms. The van der Waals surface area contributed by atoms with Gasteiger partial charge in [-0.2, -0.15) is 0 Å². The molecule has 0 aromatic heterocycles. The molecular weight excluding hydrogens is 240 g/mol. The van der Waals surface area contributed by atoms with Gasteiger partial charge >= 0.3 is 0 Å². The van der Waals surface area contributed by atoms with Crippen molar-refractivity contribution in [2.75, 3.05) is 26.3 Å². The third-order valence-corrected chi connectivity index (χ3v) is 4.60. The van der Waals surface area contributed by atoms with Gasteiger partial charge in [0.15, 0.2) is 5.79 Å². The maximum Gasteiger partial charge on any atom is 0.248 e. The Morgan fingerprint density at radius 1 is 1.37 bits per heavy atom. The molecule has 1 fully saturated rings. The van der Waals surface area contributed by atoms with Gasteiger partial charge in [0, 0.05) is 5.41 Å². The lowest BCUT2D eigenvalue weighted by Gasteiger charge is -2.45. The van der Waals surface area contributed by atoms with Crippen LogP contribution in [0.3, 0.4) is 0 Å². The van der Waals surface area contributed by atoms with Crippen molar-refractivity contribution in [3.05, 3.63) is 11.6 Å². The molecule has 0 aromatic carbocycles. The number of ether oxygens (including phenoxy) is 2. The Hall–Kier alpha value is -0.870. The fraction of sp³-hybridized carbons (Fsp3) is 0.800. The Balaban J connectivity index is 1.59. The Kier molecular flexibility index (Phi) is 3.39. The van der Waals surface area contributed by atoms with Crippen molar-refractivity contribution in [1.29, 1.82) is 0 Å². The fourth-order valence-corrected chi connectivity index (χ4v) is 3.05. The molecule has 1 saturated heterocycles. The van der Waals surface area contributed by atoms with E-state index >= 15 is 0 Å². The number of hydrogen-bond donors (Lipinski definition) is 2. The highest BCUT2D eigenvalue weighted by molar-refractivity contribution is 5.78. The van der Waals surface area contributed by atoms with Gasteiger partial charge in [-0.05, 0) is 33.1 Å². The topological polar surface area (TPSA) is 44.5 Å². The van der Waals surface area contributed by atoms with E-state index in [-0.39, 0.29) is 5.41 Å². The molecular formula is C15H25N2O2+. The smallest absolute Gasteiger partial charge is 0.248 e. The van der Waals surface area contributed by atoms with E-state index in [0.29, 0.717) is 0 Å². The van der Waals surface area contributed by atoms with Crippen LogP contribution in [-0.2, 0) is 9.47 Å². The van der Waals surface area contributed by atoms with E-state index in [0.717, 1.165) is 45.0 Å². The molecule has 3 rings (SSSR count). The van der Waals surface area contributed by atoms with Crippen molar-refractivity contribution in [2.45, 2.75) is 45.3 Å². The summed E-state index contributed by atoms with van der Waals surface area (Å²) in [6, 6.07) is 0. The largest absolute Gasteiger partial charge is 0.349 e. The second-order valence-electron chi connectivity index (χ2n) is 6.47. The molecule has 0 unspecified atom stereocenters. The minimum Gasteiger partial charge on any atom is -0.349 e. The van der Waals surface area contributed by atoms with Gasteiger partial charge in [-0.1, -0.05) is 11.6 Å². The zero-order chi connectivity index (χ0) is 13.3. The van der Waals surface area contributed by atoms with Gasteiger partial charge < -0.3 is 9.47 Å². The maximum atomic E-state index is 6.10. The van der Waals surface area contributed by atoms with Crippen LogP contribution in [-0.4, -0.2) is 37.9 Å². The molecule has 0 atom stereocenters. The van der Waals surface area contributed by atoms with E-state index in [9.17, 15) is 0 Å². The van der Waals surface area contributed by atoms with Crippen LogP contribution in [0.25, 0.3) is 0 Å². The molecule has 0 amide bonds. The lowest BCUT2D eigenvalue weighted by molar-refractivity contribution is -0.448. The number of allylic oxidation sites excluding steroid dienone is 2. The molecule has 1 spiro atoms. The summed E-state index contributed by atoms with van der Waals surface area (Å²) in [6.07, 6.45) is 6.62. The van der Waals surface area contributed by atoms with Crippen LogP contribution >= 0.6 is 0 Å². The maximum absolute atomic E-state index is 6.10. The number of nitrogens with one attached hydrogen (secondary N) is 2. The van der Waals surface area contributed by atoms with Gasteiger partial charge in [0.25, 0.3) is 0 Å². The van der Waals surface area contributed by atoms with Crippen LogP contribution in [0.2, 0.25) is 0 Å². The summed E-state index contributed by atoms with van der Waals surface area (Å²) in [5.41, 5.74) is 1.73. The highest BCUT2D eigenvalue weighted by Gasteiger charge is 2.44. The molecule has 4 heteroatoms. The molecule has 0 radical (unpaired) electrons. The second-order valence-corrected chi connectivity index (χ2v) is 6.47. The van der Waals surface area contributed by atoms with Crippen molar-refractivity contribution >= 4 is 5.84 Å². The second kappa shape index (κ2) is 4.91. The first-order valence-electron chi connectivity index (χ1n) is 7.36. The molecule has 2 N–H and O–H groups in total. The SMILES string of the molecule is CC1=CCC2(CC1)COC(C)(CC1=[NH+]CCN1)OC2. The van der Waals surface area contributed by atoms with E-state index in [4.69, 9.17) is 9.47 Å². The minimum atomic E-state index is -0.471. The quantitative estimate of drug-likeness (QED) is 0.708. The summed E-state index contributed by atoms with van der Waals surface area (Å²) < 4.78 is 12.2. The van der Waals surface area contributed by atoms with Crippen molar-refractivity contribution in [3.8, 4) is 0 Å². The molecule has 3 aliphatic rings. The predicted octanol–water partition coefficient (Wildman–Crippen LogP) is 0.338. The Morgan fingerprint density at radius 3 is 2.74 bits per heavy atom. The van der Waals surface area contributed by atoms with Crippen molar-refractivity contribution < 1.29 is 14.5 Å². The van der Waals surface area contributed by atoms with Crippen LogP contribution in [0.1, 0.15) is 39.5 Å². The first-order chi connectivity index (χ1) is 9.09. The average Bonchev–Trinajstić information content (AvgIpc) is 2.90. The van der Waals surface area contributed by atoms with Crippen LogP contribution in [0, 0.1) is 5.41 Å². The molecule has 2 heterocycles. The number of hydrogen-bond acceptors (Lipinski definition) is 3. The van der Waals surface area contributed by atoms with Crippen LogP contribution in [0.4, 0.5) is 0 Å². The normalized spacial score (nSPS) is 38.8. The Bertz CT molecular complexity index is 406. The molecule has 4 nitrogen and oxygen atoms in total. The Labute approximate surface area is 115 Å². The van der Waals surface area contributed by atoms with Crippen molar-refractivity contribution in [2.24, 2.45) is 5.41 Å². The van der Waals surface area contributed by atoms with Gasteiger partial charge in [0.05, 0.1) is 13.2 Å². The molecule has 0 bridgehead atoms. The standard InChI is InChI=1S/C15H24N2O2/c1-12-3-5-15(6-4-12)10-18-14(2,19-11-15)9-13-16-7-8-17-13/h3H,4-11H2,1-2H3,(H,16,17)/p+1. The summed E-state index contributed by atoms with van der Waals surface area (Å²) in [4.78, 5) is 3.34. The van der Waals surface area contributed by atoms with Crippen LogP contribution < -0.4 is 10.3 Å². The van der Waals surface area contributed by atoms with Gasteiger partial charge in [-0.25, -0.2) is 0 Å². The zero-order valence-electron chi connectivity index (χ0n) is 12.1. The molecule has 2 aliphatic heterocycles. The van der Waals surface area contributed by atoms with Gasteiger partial charge in [0.1, 0.15) is 19.5 Å². The first kappa shape index (κ1) is 13.1. The molecule has 106 valence electrons. The summed E-state index contributed by atoms with van der Waals surface area (Å²) in [5, 5.41) is 3.34. The Morgan fingerprint density at radius 2 is 2.16 bits per heavy atom. The summed E-state index contributed by atoms with van der Waals surface area (Å²) in [5.74, 6) is 0.680. The lowest BCUT2D eigenvalue weighted by atomic mass is 9.75. The van der Waals surface area contributed by atoms with E-state index < -0.39 is 5.79 Å². The van der Waals surface area contributed by atoms with E-state index in [1.807, 2.05) is 0 Å². The van der Waals surface area contributed by atoms with E-state index in [1.54, 1.807) is 0 Å². The van der Waals surface area contributed by atoms with Crippen molar-refractivity contribution in [3.63, 3.8) is 0 Å².